The van der Waals surface area contributed by atoms with Gasteiger partial charge in [0, 0.05) is 25.2 Å². The molecule has 27 heavy (non-hydrogen) atoms. The molecule has 1 heterocycles. The zero-order valence-corrected chi connectivity index (χ0v) is 16.7. The Morgan fingerprint density at radius 3 is 2.59 bits per heavy atom. The number of hydrogen-bond acceptors (Lipinski definition) is 4. The van der Waals surface area contributed by atoms with Crippen LogP contribution < -0.4 is 10.1 Å². The maximum Gasteiger partial charge on any atom is 0.251 e. The van der Waals surface area contributed by atoms with E-state index >= 15 is 0 Å². The van der Waals surface area contributed by atoms with Crippen LogP contribution in [0.4, 0.5) is 4.39 Å². The zero-order valence-electron chi connectivity index (χ0n) is 15.1. The smallest absolute Gasteiger partial charge is 0.251 e. The number of nitrogens with one attached hydrogen (secondary N) is 1. The second-order valence-electron chi connectivity index (χ2n) is 6.28. The van der Waals surface area contributed by atoms with Crippen LogP contribution in [-0.2, 0) is 4.74 Å². The molecule has 0 bridgehead atoms. The maximum atomic E-state index is 13.3. The Kier molecular flexibility index (Phi) is 6.82. The van der Waals surface area contributed by atoms with Crippen molar-refractivity contribution in [3.05, 3.63) is 63.9 Å². The molecule has 0 radical (unpaired) electrons. The van der Waals surface area contributed by atoms with Crippen LogP contribution in [0.2, 0.25) is 0 Å². The van der Waals surface area contributed by atoms with Gasteiger partial charge in [0.2, 0.25) is 0 Å². The van der Waals surface area contributed by atoms with E-state index in [-0.39, 0.29) is 17.8 Å². The first-order valence-electron chi connectivity index (χ1n) is 8.77. The van der Waals surface area contributed by atoms with Crippen LogP contribution >= 0.6 is 15.9 Å². The number of morpholine rings is 1. The Morgan fingerprint density at radius 2 is 1.96 bits per heavy atom. The first kappa shape index (κ1) is 19.8. The highest BCUT2D eigenvalue weighted by Gasteiger charge is 2.23. The summed E-state index contributed by atoms with van der Waals surface area (Å²) in [5.41, 5.74) is 1.51. The van der Waals surface area contributed by atoms with Crippen molar-refractivity contribution in [3.63, 3.8) is 0 Å². The van der Waals surface area contributed by atoms with E-state index in [1.54, 1.807) is 37.4 Å². The normalized spacial score (nSPS) is 16.0. The molecule has 1 amide bonds. The molecule has 0 aromatic heterocycles. The number of nitrogens with zero attached hydrogens (tertiary/aromatic N) is 1. The van der Waals surface area contributed by atoms with Crippen LogP contribution in [0.1, 0.15) is 22.0 Å². The van der Waals surface area contributed by atoms with E-state index in [2.05, 4.69) is 26.1 Å². The number of hydrogen-bond donors (Lipinski definition) is 1. The Labute approximate surface area is 166 Å². The molecule has 2 aromatic carbocycles. The van der Waals surface area contributed by atoms with E-state index in [0.717, 1.165) is 23.1 Å². The van der Waals surface area contributed by atoms with Gasteiger partial charge in [0.25, 0.3) is 5.91 Å². The van der Waals surface area contributed by atoms with Gasteiger partial charge in [-0.2, -0.15) is 0 Å². The van der Waals surface area contributed by atoms with Crippen molar-refractivity contribution in [3.8, 4) is 5.75 Å². The Hall–Kier alpha value is -1.96. The van der Waals surface area contributed by atoms with Gasteiger partial charge >= 0.3 is 0 Å². The zero-order chi connectivity index (χ0) is 19.2. The van der Waals surface area contributed by atoms with Gasteiger partial charge in [0.1, 0.15) is 11.6 Å². The lowest BCUT2D eigenvalue weighted by molar-refractivity contribution is 0.0162. The first-order chi connectivity index (χ1) is 13.1. The summed E-state index contributed by atoms with van der Waals surface area (Å²) in [7, 11) is 1.58. The van der Waals surface area contributed by atoms with Crippen LogP contribution in [0.5, 0.6) is 5.75 Å². The maximum absolute atomic E-state index is 13.3. The molecule has 0 spiro atoms. The van der Waals surface area contributed by atoms with E-state index in [0.29, 0.717) is 31.1 Å². The Balaban J connectivity index is 1.72. The summed E-state index contributed by atoms with van der Waals surface area (Å²) in [6.45, 7) is 3.26. The monoisotopic (exact) mass is 436 g/mol. The number of carbonyl (C=O) groups excluding carboxylic acids is 1. The number of halogens is 2. The van der Waals surface area contributed by atoms with Crippen LogP contribution in [-0.4, -0.2) is 50.8 Å². The minimum atomic E-state index is -0.272. The fourth-order valence-corrected chi connectivity index (χ4v) is 3.67. The lowest BCUT2D eigenvalue weighted by atomic mass is 10.0. The van der Waals surface area contributed by atoms with Gasteiger partial charge in [0.05, 0.1) is 30.8 Å². The van der Waals surface area contributed by atoms with Gasteiger partial charge in [-0.1, -0.05) is 12.1 Å². The number of amides is 1. The van der Waals surface area contributed by atoms with Gasteiger partial charge in [-0.15, -0.1) is 0 Å². The Bertz CT molecular complexity index is 779. The third-order valence-electron chi connectivity index (χ3n) is 4.61. The highest BCUT2D eigenvalue weighted by molar-refractivity contribution is 9.10. The summed E-state index contributed by atoms with van der Waals surface area (Å²) in [6.07, 6.45) is 0. The minimum Gasteiger partial charge on any atom is -0.496 e. The van der Waals surface area contributed by atoms with Crippen LogP contribution in [0.25, 0.3) is 0 Å². The molecule has 144 valence electrons. The fraction of sp³-hybridized carbons (Fsp3) is 0.350. The number of carbonyl (C=O) groups is 1. The third kappa shape index (κ3) is 5.06. The largest absolute Gasteiger partial charge is 0.496 e. The average Bonchev–Trinajstić information content (AvgIpc) is 2.70. The van der Waals surface area contributed by atoms with Crippen molar-refractivity contribution in [2.45, 2.75) is 6.04 Å². The molecule has 1 fully saturated rings. The summed E-state index contributed by atoms with van der Waals surface area (Å²) in [6, 6.07) is 11.6. The summed E-state index contributed by atoms with van der Waals surface area (Å²) in [5, 5.41) is 3.00. The quantitative estimate of drug-likeness (QED) is 0.753. The SMILES string of the molecule is COc1ccc(C(=O)NCC(c2ccc(F)cc2)N2CCOCC2)cc1Br. The molecule has 1 aliphatic heterocycles. The molecule has 3 rings (SSSR count). The van der Waals surface area contributed by atoms with E-state index in [9.17, 15) is 9.18 Å². The summed E-state index contributed by atoms with van der Waals surface area (Å²) < 4.78 is 24.7. The van der Waals surface area contributed by atoms with E-state index in [4.69, 9.17) is 9.47 Å². The van der Waals surface area contributed by atoms with Crippen molar-refractivity contribution in [1.82, 2.24) is 10.2 Å². The van der Waals surface area contributed by atoms with Crippen LogP contribution in [0.15, 0.2) is 46.9 Å². The highest BCUT2D eigenvalue weighted by Crippen LogP contribution is 2.26. The molecule has 2 aromatic rings. The molecule has 5 nitrogen and oxygen atoms in total. The van der Waals surface area contributed by atoms with Crippen molar-refractivity contribution in [2.24, 2.45) is 0 Å². The highest BCUT2D eigenvalue weighted by atomic mass is 79.9. The summed E-state index contributed by atoms with van der Waals surface area (Å²) >= 11 is 3.40. The average molecular weight is 437 g/mol. The van der Waals surface area contributed by atoms with E-state index in [1.165, 1.54) is 12.1 Å². The van der Waals surface area contributed by atoms with Crippen molar-refractivity contribution < 1.29 is 18.7 Å². The van der Waals surface area contributed by atoms with Gasteiger partial charge in [-0.25, -0.2) is 4.39 Å². The molecule has 1 unspecified atom stereocenters. The van der Waals surface area contributed by atoms with Gasteiger partial charge in [-0.05, 0) is 51.8 Å². The number of rotatable bonds is 6. The fourth-order valence-electron chi connectivity index (χ4n) is 3.13. The number of methoxy groups -OCH3 is 1. The van der Waals surface area contributed by atoms with Gasteiger partial charge < -0.3 is 14.8 Å². The minimum absolute atomic E-state index is 0.0415. The predicted octanol–water partition coefficient (Wildman–Crippen LogP) is 3.40. The van der Waals surface area contributed by atoms with Crippen LogP contribution in [0.3, 0.4) is 0 Å². The number of benzene rings is 2. The topological polar surface area (TPSA) is 50.8 Å². The molecule has 0 saturated carbocycles. The molecule has 1 atom stereocenters. The van der Waals surface area contributed by atoms with Crippen molar-refractivity contribution in [2.75, 3.05) is 40.0 Å². The van der Waals surface area contributed by atoms with E-state index < -0.39 is 0 Å². The lowest BCUT2D eigenvalue weighted by Gasteiger charge is -2.35. The second-order valence-corrected chi connectivity index (χ2v) is 7.13. The Morgan fingerprint density at radius 1 is 1.26 bits per heavy atom. The third-order valence-corrected chi connectivity index (χ3v) is 5.23. The van der Waals surface area contributed by atoms with E-state index in [1.807, 2.05) is 0 Å². The summed E-state index contributed by atoms with van der Waals surface area (Å²) in [4.78, 5) is 14.8. The number of ether oxygens (including phenoxy) is 2. The predicted molar refractivity (Wildman–Crippen MR) is 105 cm³/mol. The molecular formula is C20H22BrFN2O3. The standard InChI is InChI=1S/C20H22BrFN2O3/c1-26-19-7-4-15(12-17(19)21)20(25)23-13-18(24-8-10-27-11-9-24)14-2-5-16(22)6-3-14/h2-7,12,18H,8-11,13H2,1H3,(H,23,25). The summed E-state index contributed by atoms with van der Waals surface area (Å²) in [5.74, 6) is 0.231. The first-order valence-corrected chi connectivity index (χ1v) is 9.57. The molecule has 0 aliphatic carbocycles. The van der Waals surface area contributed by atoms with Gasteiger partial charge in [-0.3, -0.25) is 9.69 Å². The lowest BCUT2D eigenvalue weighted by Crippen LogP contribution is -2.43. The molecular weight excluding hydrogens is 415 g/mol. The van der Waals surface area contributed by atoms with Crippen molar-refractivity contribution >= 4 is 21.8 Å². The molecule has 1 saturated heterocycles. The molecule has 1 N–H and O–H groups in total. The van der Waals surface area contributed by atoms with Crippen molar-refractivity contribution in [1.29, 1.82) is 0 Å². The molecule has 7 heteroatoms. The molecule has 1 aliphatic rings. The second kappa shape index (κ2) is 9.30. The van der Waals surface area contributed by atoms with Gasteiger partial charge in [0.15, 0.2) is 0 Å². The van der Waals surface area contributed by atoms with Crippen LogP contribution in [0, 0.1) is 5.82 Å².